The Bertz CT molecular complexity index is 798. The smallest absolute Gasteiger partial charge is 0.264 e. The minimum Gasteiger partial charge on any atom is -0.488 e. The molecule has 3 aliphatic heterocycles. The Morgan fingerprint density at radius 3 is 2.96 bits per heavy atom. The van der Waals surface area contributed by atoms with Gasteiger partial charge < -0.3 is 14.4 Å². The van der Waals surface area contributed by atoms with Gasteiger partial charge >= 0.3 is 0 Å². The maximum atomic E-state index is 12.8. The second-order valence-electron chi connectivity index (χ2n) is 7.24. The number of amides is 1. The van der Waals surface area contributed by atoms with E-state index in [0.717, 1.165) is 42.3 Å². The van der Waals surface area contributed by atoms with Crippen molar-refractivity contribution in [1.29, 1.82) is 0 Å². The molecule has 0 saturated carbocycles. The van der Waals surface area contributed by atoms with E-state index in [9.17, 15) is 4.79 Å². The van der Waals surface area contributed by atoms with Gasteiger partial charge in [-0.25, -0.2) is 0 Å². The first kappa shape index (κ1) is 16.0. The normalized spacial score (nSPS) is 25.5. The van der Waals surface area contributed by atoms with E-state index >= 15 is 0 Å². The average molecular weight is 368 g/mol. The zero-order chi connectivity index (χ0) is 17.6. The first-order chi connectivity index (χ1) is 12.7. The van der Waals surface area contributed by atoms with Gasteiger partial charge in [0.05, 0.1) is 10.9 Å². The molecule has 0 N–H and O–H groups in total. The summed E-state index contributed by atoms with van der Waals surface area (Å²) in [4.78, 5) is 18.8. The molecule has 5 rings (SSSR count). The van der Waals surface area contributed by atoms with Crippen molar-refractivity contribution in [2.45, 2.75) is 29.8 Å². The molecule has 1 aromatic carbocycles. The molecule has 1 spiro atoms. The molecule has 2 saturated heterocycles. The molecule has 0 radical (unpaired) electrons. The summed E-state index contributed by atoms with van der Waals surface area (Å²) in [5.74, 6) is 2.74. The molecule has 4 heterocycles. The minimum absolute atomic E-state index is 0.115. The highest BCUT2D eigenvalue weighted by Gasteiger charge is 2.52. The monoisotopic (exact) mass is 368 g/mol. The molecule has 2 aromatic rings. The topological polar surface area (TPSA) is 51.7 Å². The van der Waals surface area contributed by atoms with E-state index in [4.69, 9.17) is 9.47 Å². The van der Waals surface area contributed by atoms with Crippen LogP contribution in [0, 0.1) is 0 Å². The number of carbonyl (C=O) groups excluding carboxylic acids is 1. The molecule has 0 aliphatic carbocycles. The van der Waals surface area contributed by atoms with E-state index in [1.807, 2.05) is 53.1 Å². The Morgan fingerprint density at radius 1 is 1.27 bits per heavy atom. The summed E-state index contributed by atoms with van der Waals surface area (Å²) >= 11 is 1.93. The molecular weight excluding hydrogens is 348 g/mol. The summed E-state index contributed by atoms with van der Waals surface area (Å²) in [5.41, 5.74) is 1.13. The summed E-state index contributed by atoms with van der Waals surface area (Å²) in [7, 11) is 0. The van der Waals surface area contributed by atoms with Gasteiger partial charge in [-0.15, -0.1) is 11.8 Å². The van der Waals surface area contributed by atoms with Crippen LogP contribution in [0.25, 0.3) is 0 Å². The van der Waals surface area contributed by atoms with E-state index in [1.165, 1.54) is 0 Å². The molecule has 5 nitrogen and oxygen atoms in total. The van der Waals surface area contributed by atoms with E-state index in [2.05, 4.69) is 4.98 Å². The number of ether oxygens (including phenoxy) is 2. The first-order valence-electron chi connectivity index (χ1n) is 8.95. The van der Waals surface area contributed by atoms with Crippen molar-refractivity contribution in [3.05, 3.63) is 54.4 Å². The van der Waals surface area contributed by atoms with Crippen molar-refractivity contribution < 1.29 is 14.3 Å². The third-order valence-corrected chi connectivity index (χ3v) is 6.88. The minimum atomic E-state index is -0.362. The van der Waals surface area contributed by atoms with Gasteiger partial charge in [-0.2, -0.15) is 0 Å². The largest absolute Gasteiger partial charge is 0.488 e. The maximum absolute atomic E-state index is 12.8. The molecule has 1 aromatic heterocycles. The van der Waals surface area contributed by atoms with Crippen molar-refractivity contribution in [2.75, 3.05) is 18.8 Å². The Kier molecular flexibility index (Phi) is 3.81. The SMILES string of the molecule is O=C([C@H]1Cc2ccccc2O1)N1CC2(C[C@@H](Oc3cccnc3)CS2)C1. The third kappa shape index (κ3) is 2.82. The highest BCUT2D eigenvalue weighted by molar-refractivity contribution is 8.01. The molecule has 2 atom stereocenters. The van der Waals surface area contributed by atoms with Crippen LogP contribution >= 0.6 is 11.8 Å². The predicted octanol–water partition coefficient (Wildman–Crippen LogP) is 2.55. The lowest BCUT2D eigenvalue weighted by Crippen LogP contribution is -2.63. The van der Waals surface area contributed by atoms with Crippen LogP contribution in [-0.2, 0) is 11.2 Å². The number of hydrogen-bond acceptors (Lipinski definition) is 5. The van der Waals surface area contributed by atoms with Gasteiger partial charge in [0.1, 0.15) is 17.6 Å². The molecular formula is C20H20N2O3S. The quantitative estimate of drug-likeness (QED) is 0.833. The molecule has 26 heavy (non-hydrogen) atoms. The number of carbonyl (C=O) groups is 1. The van der Waals surface area contributed by atoms with Crippen LogP contribution in [0.15, 0.2) is 48.8 Å². The number of para-hydroxylation sites is 1. The lowest BCUT2D eigenvalue weighted by atomic mass is 9.92. The van der Waals surface area contributed by atoms with Crippen molar-refractivity contribution in [1.82, 2.24) is 9.88 Å². The lowest BCUT2D eigenvalue weighted by Gasteiger charge is -2.48. The number of pyridine rings is 1. The van der Waals surface area contributed by atoms with Crippen molar-refractivity contribution in [2.24, 2.45) is 0 Å². The number of likely N-dealkylation sites (tertiary alicyclic amines) is 1. The van der Waals surface area contributed by atoms with Crippen LogP contribution in [0.2, 0.25) is 0 Å². The number of aromatic nitrogens is 1. The molecule has 1 amide bonds. The number of nitrogens with zero attached hydrogens (tertiary/aromatic N) is 2. The van der Waals surface area contributed by atoms with Gasteiger partial charge in [0, 0.05) is 37.9 Å². The number of hydrogen-bond donors (Lipinski definition) is 0. The van der Waals surface area contributed by atoms with Gasteiger partial charge in [-0.1, -0.05) is 18.2 Å². The van der Waals surface area contributed by atoms with Gasteiger partial charge in [0.15, 0.2) is 6.10 Å². The third-order valence-electron chi connectivity index (χ3n) is 5.30. The molecule has 6 heteroatoms. The van der Waals surface area contributed by atoms with E-state index in [-0.39, 0.29) is 22.9 Å². The Balaban J connectivity index is 1.16. The van der Waals surface area contributed by atoms with Gasteiger partial charge in [-0.05, 0) is 23.8 Å². The second kappa shape index (κ2) is 6.20. The highest BCUT2D eigenvalue weighted by Crippen LogP contribution is 2.46. The number of benzene rings is 1. The van der Waals surface area contributed by atoms with E-state index < -0.39 is 0 Å². The number of fused-ring (bicyclic) bond motifs is 1. The molecule has 2 fully saturated rings. The zero-order valence-electron chi connectivity index (χ0n) is 14.3. The van der Waals surface area contributed by atoms with E-state index in [1.54, 1.807) is 12.4 Å². The standard InChI is InChI=1S/C20H20N2O3S/c23-19(18-8-14-4-1-2-6-17(14)25-18)22-12-20(13-22)9-16(11-26-20)24-15-5-3-7-21-10-15/h1-7,10,16,18H,8-9,11-13H2/t16-,18-/m1/s1. The Morgan fingerprint density at radius 2 is 2.15 bits per heavy atom. The average Bonchev–Trinajstić information content (AvgIpc) is 3.25. The zero-order valence-corrected chi connectivity index (χ0v) is 15.2. The van der Waals surface area contributed by atoms with Crippen LogP contribution in [0.4, 0.5) is 0 Å². The van der Waals surface area contributed by atoms with Crippen LogP contribution in [0.1, 0.15) is 12.0 Å². The summed E-state index contributed by atoms with van der Waals surface area (Å²) < 4.78 is 12.0. The van der Waals surface area contributed by atoms with Crippen LogP contribution in [-0.4, -0.2) is 51.6 Å². The van der Waals surface area contributed by atoms with Crippen molar-refractivity contribution >= 4 is 17.7 Å². The molecule has 0 unspecified atom stereocenters. The van der Waals surface area contributed by atoms with Crippen LogP contribution in [0.5, 0.6) is 11.5 Å². The summed E-state index contributed by atoms with van der Waals surface area (Å²) in [5, 5.41) is 0. The second-order valence-corrected chi connectivity index (χ2v) is 8.73. The van der Waals surface area contributed by atoms with Crippen molar-refractivity contribution in [3.63, 3.8) is 0 Å². The first-order valence-corrected chi connectivity index (χ1v) is 9.93. The van der Waals surface area contributed by atoms with Gasteiger partial charge in [-0.3, -0.25) is 9.78 Å². The van der Waals surface area contributed by atoms with E-state index in [0.29, 0.717) is 6.42 Å². The molecule has 3 aliphatic rings. The number of rotatable bonds is 3. The Labute approximate surface area is 156 Å². The lowest BCUT2D eigenvalue weighted by molar-refractivity contribution is -0.143. The predicted molar refractivity (Wildman–Crippen MR) is 99.6 cm³/mol. The highest BCUT2D eigenvalue weighted by atomic mass is 32.2. The van der Waals surface area contributed by atoms with Crippen LogP contribution in [0.3, 0.4) is 0 Å². The fraction of sp³-hybridized carbons (Fsp3) is 0.400. The molecule has 134 valence electrons. The summed E-state index contributed by atoms with van der Waals surface area (Å²) in [6.45, 7) is 1.58. The summed E-state index contributed by atoms with van der Waals surface area (Å²) in [6.07, 6.45) is 4.98. The van der Waals surface area contributed by atoms with Gasteiger partial charge in [0.25, 0.3) is 5.91 Å². The van der Waals surface area contributed by atoms with Crippen molar-refractivity contribution in [3.8, 4) is 11.5 Å². The fourth-order valence-corrected chi connectivity index (χ4v) is 5.56. The fourth-order valence-electron chi connectivity index (χ4n) is 4.04. The molecule has 0 bridgehead atoms. The number of thioether (sulfide) groups is 1. The maximum Gasteiger partial charge on any atom is 0.264 e. The summed E-state index contributed by atoms with van der Waals surface area (Å²) in [6, 6.07) is 11.7. The Hall–Kier alpha value is -2.21. The van der Waals surface area contributed by atoms with Gasteiger partial charge in [0.2, 0.25) is 0 Å². The van der Waals surface area contributed by atoms with Crippen LogP contribution < -0.4 is 9.47 Å².